The number of aromatic nitrogens is 3. The molecule has 0 spiro atoms. The number of piperazine rings is 1. The minimum absolute atomic E-state index is 0.00150. The van der Waals surface area contributed by atoms with Gasteiger partial charge < -0.3 is 15.1 Å². The maximum Gasteiger partial charge on any atom is 0.255 e. The van der Waals surface area contributed by atoms with E-state index in [4.69, 9.17) is 0 Å². The van der Waals surface area contributed by atoms with Crippen LogP contribution in [-0.4, -0.2) is 58.5 Å². The van der Waals surface area contributed by atoms with Crippen molar-refractivity contribution in [2.75, 3.05) is 42.9 Å². The average Bonchev–Trinajstić information content (AvgIpc) is 2.67. The summed E-state index contributed by atoms with van der Waals surface area (Å²) in [6, 6.07) is 3.62. The SMILES string of the molecule is C=CCNc1cncc(C(=O)N2CCN(c3ncccn3)CC2)c1. The molecule has 0 bridgehead atoms. The number of rotatable bonds is 5. The summed E-state index contributed by atoms with van der Waals surface area (Å²) in [4.78, 5) is 29.2. The van der Waals surface area contributed by atoms with E-state index in [1.807, 2.05) is 11.0 Å². The second-order valence-electron chi connectivity index (χ2n) is 5.46. The molecule has 24 heavy (non-hydrogen) atoms. The molecular weight excluding hydrogens is 304 g/mol. The average molecular weight is 324 g/mol. The van der Waals surface area contributed by atoms with Gasteiger partial charge in [-0.05, 0) is 12.1 Å². The molecule has 7 nitrogen and oxygen atoms in total. The summed E-state index contributed by atoms with van der Waals surface area (Å²) in [5.74, 6) is 0.709. The Morgan fingerprint density at radius 3 is 2.67 bits per heavy atom. The summed E-state index contributed by atoms with van der Waals surface area (Å²) >= 11 is 0. The highest BCUT2D eigenvalue weighted by Gasteiger charge is 2.23. The van der Waals surface area contributed by atoms with Gasteiger partial charge in [0.2, 0.25) is 5.95 Å². The lowest BCUT2D eigenvalue weighted by Crippen LogP contribution is -2.49. The number of anilines is 2. The monoisotopic (exact) mass is 324 g/mol. The van der Waals surface area contributed by atoms with Crippen LogP contribution in [0.15, 0.2) is 49.6 Å². The largest absolute Gasteiger partial charge is 0.380 e. The molecule has 2 aromatic heterocycles. The predicted octanol–water partition coefficient (Wildman–Crippen LogP) is 1.43. The van der Waals surface area contributed by atoms with Gasteiger partial charge in [-0.2, -0.15) is 0 Å². The Morgan fingerprint density at radius 1 is 1.21 bits per heavy atom. The molecule has 3 heterocycles. The third kappa shape index (κ3) is 3.68. The van der Waals surface area contributed by atoms with Gasteiger partial charge in [0.25, 0.3) is 5.91 Å². The Morgan fingerprint density at radius 2 is 1.96 bits per heavy atom. The van der Waals surface area contributed by atoms with Crippen LogP contribution in [0.3, 0.4) is 0 Å². The maximum absolute atomic E-state index is 12.7. The first kappa shape index (κ1) is 15.9. The molecule has 0 saturated carbocycles. The maximum atomic E-state index is 12.7. The fourth-order valence-corrected chi connectivity index (χ4v) is 2.59. The molecule has 1 amide bonds. The Kier molecular flexibility index (Phi) is 5.00. The lowest BCUT2D eigenvalue weighted by molar-refractivity contribution is 0.0746. The molecule has 2 aromatic rings. The van der Waals surface area contributed by atoms with E-state index in [1.165, 1.54) is 0 Å². The van der Waals surface area contributed by atoms with Gasteiger partial charge in [0.1, 0.15) is 0 Å². The van der Waals surface area contributed by atoms with Crippen LogP contribution < -0.4 is 10.2 Å². The summed E-state index contributed by atoms with van der Waals surface area (Å²) in [5, 5.41) is 3.15. The lowest BCUT2D eigenvalue weighted by atomic mass is 10.2. The Balaban J connectivity index is 1.62. The number of hydrogen-bond donors (Lipinski definition) is 1. The van der Waals surface area contributed by atoms with Gasteiger partial charge in [0.05, 0.1) is 11.3 Å². The zero-order chi connectivity index (χ0) is 16.8. The van der Waals surface area contributed by atoms with Gasteiger partial charge in [-0.25, -0.2) is 9.97 Å². The van der Waals surface area contributed by atoms with Gasteiger partial charge in [0, 0.05) is 57.5 Å². The fourth-order valence-electron chi connectivity index (χ4n) is 2.59. The van der Waals surface area contributed by atoms with Crippen molar-refractivity contribution in [2.24, 2.45) is 0 Å². The molecular formula is C17H20N6O. The van der Waals surface area contributed by atoms with Gasteiger partial charge in [-0.3, -0.25) is 9.78 Å². The minimum atomic E-state index is -0.00150. The predicted molar refractivity (Wildman–Crippen MR) is 93.1 cm³/mol. The van der Waals surface area contributed by atoms with Crippen LogP contribution in [0.5, 0.6) is 0 Å². The zero-order valence-electron chi connectivity index (χ0n) is 13.4. The van der Waals surface area contributed by atoms with E-state index in [1.54, 1.807) is 36.9 Å². The highest BCUT2D eigenvalue weighted by Crippen LogP contribution is 2.14. The molecule has 0 aliphatic carbocycles. The van der Waals surface area contributed by atoms with Crippen molar-refractivity contribution in [1.29, 1.82) is 0 Å². The van der Waals surface area contributed by atoms with E-state index in [2.05, 4.69) is 31.7 Å². The fraction of sp³-hybridized carbons (Fsp3) is 0.294. The van der Waals surface area contributed by atoms with Crippen molar-refractivity contribution < 1.29 is 4.79 Å². The second-order valence-corrected chi connectivity index (χ2v) is 5.46. The minimum Gasteiger partial charge on any atom is -0.380 e. The van der Waals surface area contributed by atoms with Crippen molar-refractivity contribution in [3.63, 3.8) is 0 Å². The summed E-state index contributed by atoms with van der Waals surface area (Å²) in [6.07, 6.45) is 8.53. The standard InChI is InChI=1S/C17H20N6O/c1-2-4-19-15-11-14(12-18-13-15)16(24)22-7-9-23(10-8-22)17-20-5-3-6-21-17/h2-3,5-6,11-13,19H,1,4,7-10H2. The number of amides is 1. The van der Waals surface area contributed by atoms with Crippen LogP contribution in [-0.2, 0) is 0 Å². The summed E-state index contributed by atoms with van der Waals surface area (Å²) < 4.78 is 0. The van der Waals surface area contributed by atoms with Gasteiger partial charge in [-0.15, -0.1) is 6.58 Å². The lowest BCUT2D eigenvalue weighted by Gasteiger charge is -2.34. The quantitative estimate of drug-likeness (QED) is 0.839. The Hall–Kier alpha value is -2.96. The van der Waals surface area contributed by atoms with Crippen LogP contribution in [0.1, 0.15) is 10.4 Å². The van der Waals surface area contributed by atoms with E-state index >= 15 is 0 Å². The molecule has 3 rings (SSSR count). The summed E-state index contributed by atoms with van der Waals surface area (Å²) in [7, 11) is 0. The van der Waals surface area contributed by atoms with Crippen molar-refractivity contribution in [1.82, 2.24) is 19.9 Å². The van der Waals surface area contributed by atoms with E-state index in [9.17, 15) is 4.79 Å². The third-order valence-corrected chi connectivity index (χ3v) is 3.84. The topological polar surface area (TPSA) is 74.2 Å². The van der Waals surface area contributed by atoms with Crippen molar-refractivity contribution in [3.05, 3.63) is 55.1 Å². The highest BCUT2D eigenvalue weighted by atomic mass is 16.2. The Bertz CT molecular complexity index is 697. The second kappa shape index (κ2) is 7.54. The first-order chi connectivity index (χ1) is 11.8. The first-order valence-electron chi connectivity index (χ1n) is 7.89. The smallest absolute Gasteiger partial charge is 0.255 e. The van der Waals surface area contributed by atoms with E-state index in [-0.39, 0.29) is 5.91 Å². The van der Waals surface area contributed by atoms with Crippen LogP contribution in [0.2, 0.25) is 0 Å². The first-order valence-corrected chi connectivity index (χ1v) is 7.89. The van der Waals surface area contributed by atoms with Crippen molar-refractivity contribution >= 4 is 17.5 Å². The molecule has 1 aliphatic heterocycles. The van der Waals surface area contributed by atoms with Crippen LogP contribution in [0.4, 0.5) is 11.6 Å². The molecule has 1 N–H and O–H groups in total. The number of nitrogens with one attached hydrogen (secondary N) is 1. The highest BCUT2D eigenvalue weighted by molar-refractivity contribution is 5.94. The van der Waals surface area contributed by atoms with Crippen LogP contribution >= 0.6 is 0 Å². The molecule has 0 atom stereocenters. The van der Waals surface area contributed by atoms with Crippen LogP contribution in [0, 0.1) is 0 Å². The number of pyridine rings is 1. The van der Waals surface area contributed by atoms with E-state index in [0.29, 0.717) is 31.1 Å². The normalized spacial score (nSPS) is 14.3. The molecule has 1 aliphatic rings. The van der Waals surface area contributed by atoms with E-state index in [0.717, 1.165) is 18.8 Å². The zero-order valence-corrected chi connectivity index (χ0v) is 13.4. The number of nitrogens with zero attached hydrogens (tertiary/aromatic N) is 5. The Labute approximate surface area is 141 Å². The molecule has 124 valence electrons. The third-order valence-electron chi connectivity index (χ3n) is 3.84. The summed E-state index contributed by atoms with van der Waals surface area (Å²) in [6.45, 7) is 7.02. The van der Waals surface area contributed by atoms with Gasteiger partial charge in [-0.1, -0.05) is 6.08 Å². The molecule has 0 unspecified atom stereocenters. The van der Waals surface area contributed by atoms with Crippen LogP contribution in [0.25, 0.3) is 0 Å². The van der Waals surface area contributed by atoms with E-state index < -0.39 is 0 Å². The molecule has 1 saturated heterocycles. The summed E-state index contributed by atoms with van der Waals surface area (Å²) in [5.41, 5.74) is 1.41. The van der Waals surface area contributed by atoms with Gasteiger partial charge >= 0.3 is 0 Å². The number of carbonyl (C=O) groups is 1. The van der Waals surface area contributed by atoms with Crippen molar-refractivity contribution in [2.45, 2.75) is 0 Å². The molecule has 0 radical (unpaired) electrons. The number of carbonyl (C=O) groups excluding carboxylic acids is 1. The van der Waals surface area contributed by atoms with Crippen molar-refractivity contribution in [3.8, 4) is 0 Å². The molecule has 7 heteroatoms. The van der Waals surface area contributed by atoms with Gasteiger partial charge in [0.15, 0.2) is 0 Å². The molecule has 0 aromatic carbocycles. The molecule has 1 fully saturated rings. The number of hydrogen-bond acceptors (Lipinski definition) is 6.